The second-order valence-electron chi connectivity index (χ2n) is 8.72. The van der Waals surface area contributed by atoms with Gasteiger partial charge in [-0.15, -0.1) is 0 Å². The van der Waals surface area contributed by atoms with Crippen molar-refractivity contribution in [3.8, 4) is 17.2 Å². The van der Waals surface area contributed by atoms with Gasteiger partial charge in [0.1, 0.15) is 29.7 Å². The molecule has 1 aromatic heterocycles. The van der Waals surface area contributed by atoms with E-state index in [0.29, 0.717) is 25.2 Å². The van der Waals surface area contributed by atoms with Crippen molar-refractivity contribution in [1.82, 2.24) is 14.9 Å². The van der Waals surface area contributed by atoms with Crippen LogP contribution in [0.5, 0.6) is 17.2 Å². The van der Waals surface area contributed by atoms with Crippen LogP contribution in [0.1, 0.15) is 11.4 Å². The number of hydrogen-bond donors (Lipinski definition) is 1. The Labute approximate surface area is 220 Å². The van der Waals surface area contributed by atoms with E-state index in [2.05, 4.69) is 5.32 Å². The molecule has 1 unspecified atom stereocenters. The van der Waals surface area contributed by atoms with Gasteiger partial charge < -0.3 is 18.9 Å². The largest absolute Gasteiger partial charge is 0.486 e. The molecule has 0 aliphatic rings. The minimum absolute atomic E-state index is 0.291. The molecule has 1 heterocycles. The number of rotatable bonds is 11. The fourth-order valence-electron chi connectivity index (χ4n) is 3.89. The number of hydrogen-bond acceptors (Lipinski definition) is 7. The summed E-state index contributed by atoms with van der Waals surface area (Å²) in [6, 6.07) is 21.4. The lowest BCUT2D eigenvalue weighted by Crippen LogP contribution is -2.32. The van der Waals surface area contributed by atoms with Gasteiger partial charge in [-0.25, -0.2) is 4.98 Å². The van der Waals surface area contributed by atoms with Gasteiger partial charge in [-0.1, -0.05) is 18.2 Å². The smallest absolute Gasteiger partial charge is 0.239 e. The summed E-state index contributed by atoms with van der Waals surface area (Å²) >= 11 is 1.41. The van der Waals surface area contributed by atoms with Gasteiger partial charge in [0.15, 0.2) is 0 Å². The number of aryl methyl sites for hydroxylation is 1. The van der Waals surface area contributed by atoms with Crippen LogP contribution in [0.15, 0.2) is 66.7 Å². The highest BCUT2D eigenvalue weighted by atomic mass is 32.2. The van der Waals surface area contributed by atoms with Crippen LogP contribution in [0.2, 0.25) is 0 Å². The molecule has 0 fully saturated rings. The lowest BCUT2D eigenvalue weighted by molar-refractivity contribution is -0.124. The average Bonchev–Trinajstić information content (AvgIpc) is 3.21. The monoisotopic (exact) mass is 518 g/mol. The minimum Gasteiger partial charge on any atom is -0.486 e. The first-order chi connectivity index (χ1) is 17.9. The first-order valence-corrected chi connectivity index (χ1v) is 13.1. The second-order valence-corrected chi connectivity index (χ2v) is 9.76. The van der Waals surface area contributed by atoms with E-state index in [1.54, 1.807) is 0 Å². The molecule has 9 heteroatoms. The van der Waals surface area contributed by atoms with E-state index >= 15 is 0 Å². The Morgan fingerprint density at radius 3 is 2.51 bits per heavy atom. The molecule has 192 valence electrons. The normalized spacial score (nSPS) is 11.7. The van der Waals surface area contributed by atoms with Crippen LogP contribution < -0.4 is 19.7 Å². The summed E-state index contributed by atoms with van der Waals surface area (Å²) < 4.78 is 14.1. The number of aromatic nitrogens is 2. The molecule has 37 heavy (non-hydrogen) atoms. The van der Waals surface area contributed by atoms with E-state index in [1.165, 1.54) is 11.8 Å². The van der Waals surface area contributed by atoms with Crippen molar-refractivity contribution in [3.05, 3.63) is 78.1 Å². The SMILES string of the molecule is CSC(Cc1ccc(OCc2nc3ccc(Oc4cccc(N(C)C)c4)cc3n2C)cc1)C(=O)NC=O. The highest BCUT2D eigenvalue weighted by Crippen LogP contribution is 2.28. The van der Waals surface area contributed by atoms with Crippen molar-refractivity contribution in [2.75, 3.05) is 25.3 Å². The predicted octanol–water partition coefficient (Wildman–Crippen LogP) is 4.56. The summed E-state index contributed by atoms with van der Waals surface area (Å²) in [5.41, 5.74) is 3.87. The Kier molecular flexibility index (Phi) is 8.35. The summed E-state index contributed by atoms with van der Waals surface area (Å²) in [4.78, 5) is 29.3. The molecule has 0 radical (unpaired) electrons. The number of thioether (sulfide) groups is 1. The number of nitrogens with one attached hydrogen (secondary N) is 1. The van der Waals surface area contributed by atoms with E-state index in [-0.39, 0.29) is 11.2 Å². The predicted molar refractivity (Wildman–Crippen MR) is 148 cm³/mol. The molecule has 1 atom stereocenters. The van der Waals surface area contributed by atoms with Crippen LogP contribution >= 0.6 is 11.8 Å². The van der Waals surface area contributed by atoms with Gasteiger partial charge in [0.2, 0.25) is 12.3 Å². The topological polar surface area (TPSA) is 85.7 Å². The molecule has 8 nitrogen and oxygen atoms in total. The standard InChI is InChI=1S/C28H30N4O4S/c1-31(2)20-6-5-7-22(15-20)36-23-12-13-24-25(16-23)32(3)27(30-24)17-35-21-10-8-19(9-11-21)14-26(37-4)28(34)29-18-33/h5-13,15-16,18,26H,14,17H2,1-4H3,(H,29,33,34). The summed E-state index contributed by atoms with van der Waals surface area (Å²) in [5, 5.41) is 1.89. The van der Waals surface area contributed by atoms with Crippen molar-refractivity contribution in [3.63, 3.8) is 0 Å². The van der Waals surface area contributed by atoms with Gasteiger partial charge in [0, 0.05) is 39.0 Å². The van der Waals surface area contributed by atoms with Gasteiger partial charge in [-0.2, -0.15) is 11.8 Å². The Balaban J connectivity index is 1.41. The molecule has 1 N–H and O–H groups in total. The Bertz CT molecular complexity index is 1380. The molecular weight excluding hydrogens is 488 g/mol. The average molecular weight is 519 g/mol. The third-order valence-electron chi connectivity index (χ3n) is 6.01. The van der Waals surface area contributed by atoms with Crippen molar-refractivity contribution in [2.24, 2.45) is 7.05 Å². The van der Waals surface area contributed by atoms with Gasteiger partial charge in [0.05, 0.1) is 16.3 Å². The zero-order chi connectivity index (χ0) is 26.4. The van der Waals surface area contributed by atoms with Gasteiger partial charge in [-0.05, 0) is 54.6 Å². The molecule has 4 aromatic rings. The van der Waals surface area contributed by atoms with E-state index in [9.17, 15) is 9.59 Å². The first-order valence-electron chi connectivity index (χ1n) is 11.8. The molecule has 0 saturated heterocycles. The molecule has 0 spiro atoms. The van der Waals surface area contributed by atoms with Gasteiger partial charge in [-0.3, -0.25) is 14.9 Å². The zero-order valence-corrected chi connectivity index (χ0v) is 22.1. The third-order valence-corrected chi connectivity index (χ3v) is 6.95. The molecule has 0 aliphatic carbocycles. The lowest BCUT2D eigenvalue weighted by Gasteiger charge is -2.14. The maximum Gasteiger partial charge on any atom is 0.239 e. The summed E-state index contributed by atoms with van der Waals surface area (Å²) in [6.45, 7) is 0.306. The second kappa shape index (κ2) is 11.8. The van der Waals surface area contributed by atoms with Crippen molar-refractivity contribution < 1.29 is 19.1 Å². The number of carbonyl (C=O) groups excluding carboxylic acids is 2. The Morgan fingerprint density at radius 1 is 1.08 bits per heavy atom. The third kappa shape index (κ3) is 6.42. The maximum atomic E-state index is 12.0. The van der Waals surface area contributed by atoms with Gasteiger partial charge >= 0.3 is 0 Å². The van der Waals surface area contributed by atoms with Gasteiger partial charge in [0.25, 0.3) is 0 Å². The lowest BCUT2D eigenvalue weighted by atomic mass is 10.1. The molecule has 0 saturated carbocycles. The molecule has 0 aliphatic heterocycles. The number of carbonyl (C=O) groups is 2. The summed E-state index contributed by atoms with van der Waals surface area (Å²) in [7, 11) is 5.95. The quantitative estimate of drug-likeness (QED) is 0.291. The number of nitrogens with zero attached hydrogens (tertiary/aromatic N) is 3. The Morgan fingerprint density at radius 2 is 1.81 bits per heavy atom. The fraction of sp³-hybridized carbons (Fsp3) is 0.250. The fourth-order valence-corrected chi connectivity index (χ4v) is 4.53. The van der Waals surface area contributed by atoms with E-state index in [4.69, 9.17) is 14.5 Å². The van der Waals surface area contributed by atoms with Crippen LogP contribution in [0.4, 0.5) is 5.69 Å². The molecular formula is C28H30N4O4S. The number of anilines is 1. The molecule has 2 amide bonds. The van der Waals surface area contributed by atoms with Crippen LogP contribution in [-0.2, 0) is 29.7 Å². The number of imidazole rings is 1. The zero-order valence-electron chi connectivity index (χ0n) is 21.3. The number of amides is 2. The maximum absolute atomic E-state index is 12.0. The van der Waals surface area contributed by atoms with Crippen LogP contribution in [0.3, 0.4) is 0 Å². The van der Waals surface area contributed by atoms with Crippen molar-refractivity contribution in [1.29, 1.82) is 0 Å². The number of ether oxygens (including phenoxy) is 2. The highest BCUT2D eigenvalue weighted by molar-refractivity contribution is 7.99. The number of fused-ring (bicyclic) bond motifs is 1. The van der Waals surface area contributed by atoms with Crippen molar-refractivity contribution in [2.45, 2.75) is 18.3 Å². The van der Waals surface area contributed by atoms with Crippen LogP contribution in [-0.4, -0.2) is 47.5 Å². The summed E-state index contributed by atoms with van der Waals surface area (Å²) in [6.07, 6.45) is 2.79. The highest BCUT2D eigenvalue weighted by Gasteiger charge is 2.17. The van der Waals surface area contributed by atoms with E-state index < -0.39 is 0 Å². The first kappa shape index (κ1) is 26.1. The molecule has 0 bridgehead atoms. The number of imide groups is 1. The minimum atomic E-state index is -0.331. The number of benzene rings is 3. The van der Waals surface area contributed by atoms with Crippen molar-refractivity contribution >= 4 is 40.8 Å². The van der Waals surface area contributed by atoms with E-state index in [1.807, 2.05) is 104 Å². The summed E-state index contributed by atoms with van der Waals surface area (Å²) in [5.74, 6) is 2.71. The van der Waals surface area contributed by atoms with Crippen LogP contribution in [0, 0.1) is 0 Å². The Hall–Kier alpha value is -3.98. The van der Waals surface area contributed by atoms with E-state index in [0.717, 1.165) is 39.6 Å². The van der Waals surface area contributed by atoms with Crippen LogP contribution in [0.25, 0.3) is 11.0 Å². The molecule has 4 rings (SSSR count). The molecule has 3 aromatic carbocycles.